The first-order chi connectivity index (χ1) is 7.34. The van der Waals surface area contributed by atoms with E-state index in [4.69, 9.17) is 5.73 Å². The van der Waals surface area contributed by atoms with Crippen molar-refractivity contribution in [2.45, 2.75) is 32.7 Å². The van der Waals surface area contributed by atoms with E-state index in [0.29, 0.717) is 6.42 Å². The van der Waals surface area contributed by atoms with Crippen LogP contribution < -0.4 is 5.73 Å². The van der Waals surface area contributed by atoms with Crippen LogP contribution in [0.25, 0.3) is 0 Å². The van der Waals surface area contributed by atoms with Crippen molar-refractivity contribution in [1.82, 2.24) is 0 Å². The minimum absolute atomic E-state index is 0.0284. The number of nitrogens with two attached hydrogens (primary N) is 1. The fourth-order valence-corrected chi connectivity index (χ4v) is 2.16. The van der Waals surface area contributed by atoms with Crippen molar-refractivity contribution in [3.63, 3.8) is 0 Å². The van der Waals surface area contributed by atoms with E-state index in [2.05, 4.69) is 15.9 Å². The van der Waals surface area contributed by atoms with Crippen molar-refractivity contribution in [3.8, 4) is 0 Å². The van der Waals surface area contributed by atoms with Gasteiger partial charge in [-0.2, -0.15) is 0 Å². The Morgan fingerprint density at radius 3 is 2.38 bits per heavy atom. The van der Waals surface area contributed by atoms with Crippen LogP contribution >= 0.6 is 15.9 Å². The molecule has 0 heterocycles. The topological polar surface area (TPSA) is 26.0 Å². The molecule has 0 saturated heterocycles. The third-order valence-corrected chi connectivity index (χ3v) is 3.74. The number of hydrogen-bond donors (Lipinski definition) is 1. The van der Waals surface area contributed by atoms with Gasteiger partial charge >= 0.3 is 0 Å². The molecule has 1 unspecified atom stereocenters. The van der Waals surface area contributed by atoms with Crippen LogP contribution in [-0.2, 0) is 5.54 Å². The maximum atomic E-state index is 13.9. The summed E-state index contributed by atoms with van der Waals surface area (Å²) in [7, 11) is 0. The molecule has 0 fully saturated rings. The van der Waals surface area contributed by atoms with E-state index in [-0.39, 0.29) is 16.0 Å². The van der Waals surface area contributed by atoms with Crippen molar-refractivity contribution in [3.05, 3.63) is 33.8 Å². The summed E-state index contributed by atoms with van der Waals surface area (Å²) < 4.78 is 27.9. The summed E-state index contributed by atoms with van der Waals surface area (Å²) in [5, 5.41) is 0. The van der Waals surface area contributed by atoms with E-state index < -0.39 is 17.2 Å². The van der Waals surface area contributed by atoms with Gasteiger partial charge in [0.15, 0.2) is 0 Å². The standard InChI is InChI=1S/C12H16BrF2N/c1-4-12(16,7(2)3)10-9(14)6-5-8(13)11(10)15/h5-7H,4,16H2,1-3H3. The smallest absolute Gasteiger partial charge is 0.145 e. The van der Waals surface area contributed by atoms with Gasteiger partial charge in [0.2, 0.25) is 0 Å². The average molecular weight is 292 g/mol. The lowest BCUT2D eigenvalue weighted by molar-refractivity contribution is 0.282. The molecule has 0 aliphatic carbocycles. The third kappa shape index (κ3) is 2.13. The van der Waals surface area contributed by atoms with Crippen LogP contribution in [0.1, 0.15) is 32.8 Å². The van der Waals surface area contributed by atoms with Crippen LogP contribution in [0.2, 0.25) is 0 Å². The molecule has 0 amide bonds. The fourth-order valence-electron chi connectivity index (χ4n) is 1.83. The zero-order valence-electron chi connectivity index (χ0n) is 9.65. The van der Waals surface area contributed by atoms with Gasteiger partial charge in [0.05, 0.1) is 4.47 Å². The van der Waals surface area contributed by atoms with Crippen LogP contribution in [0.5, 0.6) is 0 Å². The van der Waals surface area contributed by atoms with Gasteiger partial charge in [-0.05, 0) is 40.4 Å². The zero-order valence-corrected chi connectivity index (χ0v) is 11.2. The molecule has 0 aromatic heterocycles. The van der Waals surface area contributed by atoms with Gasteiger partial charge in [0.25, 0.3) is 0 Å². The van der Waals surface area contributed by atoms with Crippen molar-refractivity contribution >= 4 is 15.9 Å². The highest BCUT2D eigenvalue weighted by atomic mass is 79.9. The van der Waals surface area contributed by atoms with E-state index in [1.165, 1.54) is 12.1 Å². The molecule has 90 valence electrons. The van der Waals surface area contributed by atoms with E-state index in [1.807, 2.05) is 20.8 Å². The first-order valence-electron chi connectivity index (χ1n) is 5.27. The summed E-state index contributed by atoms with van der Waals surface area (Å²) in [6, 6.07) is 2.59. The summed E-state index contributed by atoms with van der Waals surface area (Å²) in [6.45, 7) is 5.56. The molecular formula is C12H16BrF2N. The summed E-state index contributed by atoms with van der Waals surface area (Å²) in [6.07, 6.45) is 0.481. The molecule has 0 spiro atoms. The lowest BCUT2D eigenvalue weighted by atomic mass is 9.78. The Balaban J connectivity index is 3.47. The second-order valence-electron chi connectivity index (χ2n) is 4.27. The molecule has 0 bridgehead atoms. The Morgan fingerprint density at radius 1 is 1.38 bits per heavy atom. The maximum absolute atomic E-state index is 13.9. The Bertz CT molecular complexity index is 393. The van der Waals surface area contributed by atoms with Gasteiger partial charge in [-0.25, -0.2) is 8.78 Å². The van der Waals surface area contributed by atoms with Gasteiger partial charge < -0.3 is 5.73 Å². The average Bonchev–Trinajstić information content (AvgIpc) is 2.23. The Hall–Kier alpha value is -0.480. The van der Waals surface area contributed by atoms with Gasteiger partial charge in [-0.1, -0.05) is 20.8 Å². The Kier molecular flexibility index (Phi) is 4.07. The molecule has 1 aromatic rings. The normalized spacial score (nSPS) is 15.2. The SMILES string of the molecule is CCC(N)(c1c(F)ccc(Br)c1F)C(C)C. The molecule has 1 nitrogen and oxygen atoms in total. The molecule has 0 radical (unpaired) electrons. The van der Waals surface area contributed by atoms with E-state index in [1.54, 1.807) is 0 Å². The van der Waals surface area contributed by atoms with Crippen molar-refractivity contribution in [2.75, 3.05) is 0 Å². The number of halogens is 3. The van der Waals surface area contributed by atoms with Gasteiger partial charge in [-0.3, -0.25) is 0 Å². The van der Waals surface area contributed by atoms with Gasteiger partial charge in [0, 0.05) is 11.1 Å². The van der Waals surface area contributed by atoms with Crippen molar-refractivity contribution < 1.29 is 8.78 Å². The third-order valence-electron chi connectivity index (χ3n) is 3.12. The predicted molar refractivity (Wildman–Crippen MR) is 65.1 cm³/mol. The van der Waals surface area contributed by atoms with Crippen LogP contribution in [0.3, 0.4) is 0 Å². The monoisotopic (exact) mass is 291 g/mol. The largest absolute Gasteiger partial charge is 0.321 e. The van der Waals surface area contributed by atoms with Gasteiger partial charge in [-0.15, -0.1) is 0 Å². The number of rotatable bonds is 3. The first-order valence-corrected chi connectivity index (χ1v) is 6.06. The lowest BCUT2D eigenvalue weighted by Gasteiger charge is -2.33. The minimum atomic E-state index is -0.974. The Morgan fingerprint density at radius 2 is 1.94 bits per heavy atom. The van der Waals surface area contributed by atoms with E-state index in [0.717, 1.165) is 0 Å². The molecule has 4 heteroatoms. The van der Waals surface area contributed by atoms with Crippen molar-refractivity contribution in [1.29, 1.82) is 0 Å². The van der Waals surface area contributed by atoms with E-state index >= 15 is 0 Å². The lowest BCUT2D eigenvalue weighted by Crippen LogP contribution is -2.43. The molecule has 1 aromatic carbocycles. The highest BCUT2D eigenvalue weighted by Gasteiger charge is 2.35. The minimum Gasteiger partial charge on any atom is -0.321 e. The summed E-state index contributed by atoms with van der Waals surface area (Å²) >= 11 is 3.05. The summed E-state index contributed by atoms with van der Waals surface area (Å²) in [5.74, 6) is -1.23. The molecular weight excluding hydrogens is 276 g/mol. The van der Waals surface area contributed by atoms with Crippen LogP contribution in [-0.4, -0.2) is 0 Å². The number of benzene rings is 1. The first kappa shape index (κ1) is 13.6. The van der Waals surface area contributed by atoms with Crippen molar-refractivity contribution in [2.24, 2.45) is 11.7 Å². The molecule has 1 rings (SSSR count). The molecule has 0 aliphatic heterocycles. The summed E-state index contributed by atoms with van der Waals surface area (Å²) in [5.41, 5.74) is 5.13. The molecule has 2 N–H and O–H groups in total. The molecule has 16 heavy (non-hydrogen) atoms. The highest BCUT2D eigenvalue weighted by molar-refractivity contribution is 9.10. The second kappa shape index (κ2) is 4.80. The second-order valence-corrected chi connectivity index (χ2v) is 5.12. The van der Waals surface area contributed by atoms with Gasteiger partial charge in [0.1, 0.15) is 11.6 Å². The maximum Gasteiger partial charge on any atom is 0.145 e. The fraction of sp³-hybridized carbons (Fsp3) is 0.500. The van der Waals surface area contributed by atoms with E-state index in [9.17, 15) is 8.78 Å². The molecule has 0 saturated carbocycles. The zero-order chi connectivity index (χ0) is 12.5. The predicted octanol–water partition coefficient (Wildman–Crippen LogP) is 3.95. The molecule has 1 atom stereocenters. The van der Waals surface area contributed by atoms with Crippen LogP contribution in [0, 0.1) is 17.6 Å². The van der Waals surface area contributed by atoms with Crippen LogP contribution in [0.4, 0.5) is 8.78 Å². The molecule has 0 aliphatic rings. The highest BCUT2D eigenvalue weighted by Crippen LogP contribution is 2.36. The van der Waals surface area contributed by atoms with Crippen LogP contribution in [0.15, 0.2) is 16.6 Å². The number of hydrogen-bond acceptors (Lipinski definition) is 1. The quantitative estimate of drug-likeness (QED) is 0.839. The Labute approximate surface area is 103 Å². The summed E-state index contributed by atoms with van der Waals surface area (Å²) in [4.78, 5) is 0.